The third kappa shape index (κ3) is 2.89. The van der Waals surface area contributed by atoms with Crippen LogP contribution in [-0.4, -0.2) is 50.5 Å². The van der Waals surface area contributed by atoms with Crippen LogP contribution in [0.2, 0.25) is 0 Å². The van der Waals surface area contributed by atoms with Gasteiger partial charge in [-0.25, -0.2) is 13.8 Å². The van der Waals surface area contributed by atoms with Crippen LogP contribution >= 0.6 is 0 Å². The summed E-state index contributed by atoms with van der Waals surface area (Å²) in [7, 11) is 0. The molecule has 0 bridgehead atoms. The number of likely N-dealkylation sites (tertiary alicyclic amines) is 1. The van der Waals surface area contributed by atoms with Crippen molar-refractivity contribution in [2.24, 2.45) is 0 Å². The Labute approximate surface area is 137 Å². The van der Waals surface area contributed by atoms with Gasteiger partial charge in [0.05, 0.1) is 12.7 Å². The number of alkyl halides is 2. The first kappa shape index (κ1) is 15.2. The molecule has 126 valence electrons. The van der Waals surface area contributed by atoms with Crippen molar-refractivity contribution >= 4 is 5.65 Å². The quantitative estimate of drug-likeness (QED) is 0.735. The Morgan fingerprint density at radius 2 is 2.08 bits per heavy atom. The van der Waals surface area contributed by atoms with Crippen molar-refractivity contribution in [3.8, 4) is 11.5 Å². The van der Waals surface area contributed by atoms with Crippen molar-refractivity contribution < 1.29 is 13.3 Å². The molecule has 24 heavy (non-hydrogen) atoms. The molecule has 4 rings (SSSR count). The molecular formula is C16H17F2N5O. The molecule has 3 aromatic heterocycles. The first-order valence-electron chi connectivity index (χ1n) is 7.97. The van der Waals surface area contributed by atoms with Gasteiger partial charge in [0.1, 0.15) is 11.3 Å². The van der Waals surface area contributed by atoms with E-state index in [1.54, 1.807) is 11.1 Å². The summed E-state index contributed by atoms with van der Waals surface area (Å²) in [6.07, 6.45) is 2.83. The van der Waals surface area contributed by atoms with Crippen molar-refractivity contribution in [1.29, 1.82) is 0 Å². The van der Waals surface area contributed by atoms with E-state index in [-0.39, 0.29) is 12.5 Å². The number of nitrogens with zero attached hydrogens (tertiary/aromatic N) is 5. The molecule has 1 fully saturated rings. The molecule has 0 atom stereocenters. The molecular weight excluding hydrogens is 316 g/mol. The molecule has 4 heterocycles. The largest absolute Gasteiger partial charge is 0.339 e. The van der Waals surface area contributed by atoms with E-state index < -0.39 is 6.43 Å². The maximum atomic E-state index is 12.4. The van der Waals surface area contributed by atoms with Gasteiger partial charge in [-0.15, -0.1) is 0 Å². The molecule has 0 aliphatic carbocycles. The summed E-state index contributed by atoms with van der Waals surface area (Å²) < 4.78 is 32.2. The first-order chi connectivity index (χ1) is 11.7. The van der Waals surface area contributed by atoms with Gasteiger partial charge in [0.15, 0.2) is 0 Å². The summed E-state index contributed by atoms with van der Waals surface area (Å²) in [5, 5.41) is 4.07. The van der Waals surface area contributed by atoms with Crippen LogP contribution in [0.5, 0.6) is 0 Å². The average molecular weight is 333 g/mol. The Kier molecular flexibility index (Phi) is 3.97. The zero-order valence-corrected chi connectivity index (χ0v) is 13.0. The Bertz CT molecular complexity index is 823. The lowest BCUT2D eigenvalue weighted by molar-refractivity contribution is 0.0731. The second kappa shape index (κ2) is 6.27. The lowest BCUT2D eigenvalue weighted by Gasteiger charge is -2.29. The average Bonchev–Trinajstić information content (AvgIpc) is 3.21. The normalized spacial score (nSPS) is 17.1. The minimum Gasteiger partial charge on any atom is -0.339 e. The molecule has 0 saturated carbocycles. The fourth-order valence-electron chi connectivity index (χ4n) is 3.16. The first-order valence-corrected chi connectivity index (χ1v) is 7.97. The number of halogens is 2. The molecule has 0 unspecified atom stereocenters. The molecule has 3 aromatic rings. The summed E-state index contributed by atoms with van der Waals surface area (Å²) in [5.41, 5.74) is 1.59. The van der Waals surface area contributed by atoms with Crippen molar-refractivity contribution in [2.75, 3.05) is 19.6 Å². The molecule has 0 aromatic carbocycles. The van der Waals surface area contributed by atoms with Crippen LogP contribution in [0, 0.1) is 0 Å². The van der Waals surface area contributed by atoms with Gasteiger partial charge >= 0.3 is 0 Å². The van der Waals surface area contributed by atoms with Crippen LogP contribution in [0.25, 0.3) is 17.2 Å². The van der Waals surface area contributed by atoms with E-state index in [2.05, 4.69) is 15.1 Å². The molecule has 0 amide bonds. The molecule has 6 nitrogen and oxygen atoms in total. The number of aromatic nitrogens is 4. The molecule has 1 saturated heterocycles. The van der Waals surface area contributed by atoms with Crippen LogP contribution in [-0.2, 0) is 0 Å². The van der Waals surface area contributed by atoms with Crippen LogP contribution < -0.4 is 0 Å². The maximum Gasteiger partial charge on any atom is 0.251 e. The Hall–Kier alpha value is -2.35. The summed E-state index contributed by atoms with van der Waals surface area (Å²) >= 11 is 0. The Morgan fingerprint density at radius 3 is 2.88 bits per heavy atom. The highest BCUT2D eigenvalue weighted by Gasteiger charge is 2.27. The second-order valence-corrected chi connectivity index (χ2v) is 5.99. The number of hydrogen-bond acceptors (Lipinski definition) is 5. The van der Waals surface area contributed by atoms with Crippen molar-refractivity contribution in [1.82, 2.24) is 24.4 Å². The highest BCUT2D eigenvalue weighted by atomic mass is 19.3. The SMILES string of the molecule is FC(F)CN1CCC(c2nc(-c3cnc4ccccn34)no2)CC1. The molecule has 0 radical (unpaired) electrons. The number of fused-ring (bicyclic) bond motifs is 1. The topological polar surface area (TPSA) is 59.5 Å². The maximum absolute atomic E-state index is 12.4. The predicted molar refractivity (Wildman–Crippen MR) is 82.9 cm³/mol. The molecule has 0 N–H and O–H groups in total. The van der Waals surface area contributed by atoms with E-state index in [0.717, 1.165) is 24.2 Å². The van der Waals surface area contributed by atoms with Crippen LogP contribution in [0.4, 0.5) is 8.78 Å². The third-order valence-corrected chi connectivity index (χ3v) is 4.42. The lowest BCUT2D eigenvalue weighted by atomic mass is 9.97. The predicted octanol–water partition coefficient (Wildman–Crippen LogP) is 2.83. The van der Waals surface area contributed by atoms with Crippen molar-refractivity contribution in [3.63, 3.8) is 0 Å². The van der Waals surface area contributed by atoms with Crippen molar-refractivity contribution in [2.45, 2.75) is 25.2 Å². The van der Waals surface area contributed by atoms with E-state index in [4.69, 9.17) is 4.52 Å². The summed E-state index contributed by atoms with van der Waals surface area (Å²) in [5.74, 6) is 1.20. The van der Waals surface area contributed by atoms with Gasteiger partial charge in [0.25, 0.3) is 6.43 Å². The highest BCUT2D eigenvalue weighted by Crippen LogP contribution is 2.28. The van der Waals surface area contributed by atoms with Gasteiger partial charge in [-0.3, -0.25) is 9.30 Å². The standard InChI is InChI=1S/C16H17F2N5O/c17-13(18)10-22-7-4-11(5-8-22)16-20-15(21-24-16)12-9-19-14-3-1-2-6-23(12)14/h1-3,6,9,11,13H,4-5,7-8,10H2. The lowest BCUT2D eigenvalue weighted by Crippen LogP contribution is -2.36. The molecule has 1 aliphatic heterocycles. The monoisotopic (exact) mass is 333 g/mol. The van der Waals surface area contributed by atoms with E-state index in [9.17, 15) is 8.78 Å². The number of piperidine rings is 1. The van der Waals surface area contributed by atoms with Gasteiger partial charge in [-0.2, -0.15) is 4.98 Å². The summed E-state index contributed by atoms with van der Waals surface area (Å²) in [4.78, 5) is 10.6. The van der Waals surface area contributed by atoms with Gasteiger partial charge in [-0.1, -0.05) is 11.2 Å². The highest BCUT2D eigenvalue weighted by molar-refractivity contribution is 5.56. The van der Waals surface area contributed by atoms with Gasteiger partial charge < -0.3 is 4.52 Å². The minimum atomic E-state index is -2.29. The molecule has 0 spiro atoms. The fourth-order valence-corrected chi connectivity index (χ4v) is 3.16. The van der Waals surface area contributed by atoms with Gasteiger partial charge in [-0.05, 0) is 38.1 Å². The minimum absolute atomic E-state index is 0.124. The van der Waals surface area contributed by atoms with Gasteiger partial charge in [0.2, 0.25) is 11.7 Å². The number of hydrogen-bond donors (Lipinski definition) is 0. The zero-order valence-electron chi connectivity index (χ0n) is 13.0. The smallest absolute Gasteiger partial charge is 0.251 e. The zero-order chi connectivity index (χ0) is 16.5. The third-order valence-electron chi connectivity index (χ3n) is 4.42. The number of rotatable bonds is 4. The number of imidazole rings is 1. The van der Waals surface area contributed by atoms with Crippen LogP contribution in [0.1, 0.15) is 24.7 Å². The Balaban J connectivity index is 1.50. The molecule has 1 aliphatic rings. The summed E-state index contributed by atoms with van der Waals surface area (Å²) in [6.45, 7) is 1.09. The van der Waals surface area contributed by atoms with Crippen molar-refractivity contribution in [3.05, 3.63) is 36.5 Å². The van der Waals surface area contributed by atoms with Crippen LogP contribution in [0.15, 0.2) is 35.1 Å². The second-order valence-electron chi connectivity index (χ2n) is 5.99. The van der Waals surface area contributed by atoms with Crippen LogP contribution in [0.3, 0.4) is 0 Å². The fraction of sp³-hybridized carbons (Fsp3) is 0.438. The molecule has 8 heteroatoms. The van der Waals surface area contributed by atoms with E-state index >= 15 is 0 Å². The Morgan fingerprint density at radius 1 is 1.25 bits per heavy atom. The van der Waals surface area contributed by atoms with Gasteiger partial charge in [0, 0.05) is 12.1 Å². The van der Waals surface area contributed by atoms with E-state index in [0.29, 0.717) is 24.8 Å². The summed E-state index contributed by atoms with van der Waals surface area (Å²) in [6, 6.07) is 5.74. The van der Waals surface area contributed by atoms with E-state index in [1.807, 2.05) is 28.8 Å². The van der Waals surface area contributed by atoms with E-state index in [1.165, 1.54) is 0 Å². The number of pyridine rings is 1.